The lowest BCUT2D eigenvalue weighted by molar-refractivity contribution is 0.193. The average molecular weight is 249 g/mol. The first-order chi connectivity index (χ1) is 8.63. The number of methoxy groups -OCH3 is 1. The van der Waals surface area contributed by atoms with E-state index >= 15 is 0 Å². The van der Waals surface area contributed by atoms with Crippen LogP contribution >= 0.6 is 0 Å². The van der Waals surface area contributed by atoms with Gasteiger partial charge in [-0.15, -0.1) is 0 Å². The summed E-state index contributed by atoms with van der Waals surface area (Å²) in [6.07, 6.45) is 2.22. The Morgan fingerprint density at radius 3 is 2.33 bits per heavy atom. The summed E-state index contributed by atoms with van der Waals surface area (Å²) in [6, 6.07) is 9.40. The molecule has 1 aromatic carbocycles. The van der Waals surface area contributed by atoms with Gasteiger partial charge in [0.2, 0.25) is 0 Å². The van der Waals surface area contributed by atoms with E-state index in [1.165, 1.54) is 11.1 Å². The SMILES string of the molecule is COCCCNC(C)c1ccc(CC(C)C)cc1. The number of hydrogen-bond donors (Lipinski definition) is 1. The minimum absolute atomic E-state index is 0.412. The highest BCUT2D eigenvalue weighted by Gasteiger charge is 2.04. The van der Waals surface area contributed by atoms with Gasteiger partial charge in [-0.25, -0.2) is 0 Å². The van der Waals surface area contributed by atoms with Crippen molar-refractivity contribution in [2.24, 2.45) is 5.92 Å². The maximum Gasteiger partial charge on any atom is 0.0474 e. The lowest BCUT2D eigenvalue weighted by Gasteiger charge is -2.15. The molecule has 1 N–H and O–H groups in total. The Balaban J connectivity index is 2.41. The molecule has 0 aliphatic heterocycles. The molecule has 0 aromatic heterocycles. The second-order valence-electron chi connectivity index (χ2n) is 5.36. The molecule has 2 nitrogen and oxygen atoms in total. The van der Waals surface area contributed by atoms with Gasteiger partial charge in [-0.2, -0.15) is 0 Å². The van der Waals surface area contributed by atoms with Crippen molar-refractivity contribution < 1.29 is 4.74 Å². The summed E-state index contributed by atoms with van der Waals surface area (Å²) < 4.78 is 5.04. The summed E-state index contributed by atoms with van der Waals surface area (Å²) in [5.74, 6) is 0.723. The zero-order valence-electron chi connectivity index (χ0n) is 12.2. The molecule has 102 valence electrons. The Hall–Kier alpha value is -0.860. The fourth-order valence-electron chi connectivity index (χ4n) is 2.07. The fraction of sp³-hybridized carbons (Fsp3) is 0.625. The van der Waals surface area contributed by atoms with Crippen LogP contribution in [0.2, 0.25) is 0 Å². The van der Waals surface area contributed by atoms with Gasteiger partial charge in [0.15, 0.2) is 0 Å². The van der Waals surface area contributed by atoms with Crippen molar-refractivity contribution in [1.29, 1.82) is 0 Å². The molecule has 2 heteroatoms. The van der Waals surface area contributed by atoms with Crippen LogP contribution in [0.3, 0.4) is 0 Å². The van der Waals surface area contributed by atoms with E-state index in [0.29, 0.717) is 6.04 Å². The van der Waals surface area contributed by atoms with Crippen LogP contribution in [0.25, 0.3) is 0 Å². The molecule has 0 saturated heterocycles. The van der Waals surface area contributed by atoms with E-state index in [2.05, 4.69) is 50.4 Å². The van der Waals surface area contributed by atoms with Gasteiger partial charge in [0.25, 0.3) is 0 Å². The van der Waals surface area contributed by atoms with E-state index in [0.717, 1.165) is 31.9 Å². The molecule has 1 rings (SSSR count). The molecule has 0 radical (unpaired) electrons. The van der Waals surface area contributed by atoms with E-state index in [4.69, 9.17) is 4.74 Å². The molecular formula is C16H27NO. The Morgan fingerprint density at radius 2 is 1.78 bits per heavy atom. The van der Waals surface area contributed by atoms with Crippen molar-refractivity contribution in [1.82, 2.24) is 5.32 Å². The third-order valence-corrected chi connectivity index (χ3v) is 3.10. The number of hydrogen-bond acceptors (Lipinski definition) is 2. The normalized spacial score (nSPS) is 12.9. The van der Waals surface area contributed by atoms with E-state index < -0.39 is 0 Å². The zero-order chi connectivity index (χ0) is 13.4. The molecule has 0 aliphatic carbocycles. The van der Waals surface area contributed by atoms with Gasteiger partial charge in [0, 0.05) is 19.8 Å². The van der Waals surface area contributed by atoms with Crippen LogP contribution in [0, 0.1) is 5.92 Å². The third kappa shape index (κ3) is 5.65. The minimum atomic E-state index is 0.412. The largest absolute Gasteiger partial charge is 0.385 e. The monoisotopic (exact) mass is 249 g/mol. The van der Waals surface area contributed by atoms with Crippen molar-refractivity contribution in [3.05, 3.63) is 35.4 Å². The maximum atomic E-state index is 5.04. The smallest absolute Gasteiger partial charge is 0.0474 e. The number of benzene rings is 1. The van der Waals surface area contributed by atoms with Gasteiger partial charge in [-0.3, -0.25) is 0 Å². The van der Waals surface area contributed by atoms with Crippen LogP contribution in [0.4, 0.5) is 0 Å². The molecule has 18 heavy (non-hydrogen) atoms. The number of nitrogens with one attached hydrogen (secondary N) is 1. The van der Waals surface area contributed by atoms with Crippen LogP contribution in [-0.4, -0.2) is 20.3 Å². The molecule has 1 atom stereocenters. The van der Waals surface area contributed by atoms with Gasteiger partial charge >= 0.3 is 0 Å². The number of ether oxygens (including phenoxy) is 1. The summed E-state index contributed by atoms with van der Waals surface area (Å²) in [7, 11) is 1.75. The molecule has 0 bridgehead atoms. The second-order valence-corrected chi connectivity index (χ2v) is 5.36. The van der Waals surface area contributed by atoms with Crippen LogP contribution in [-0.2, 0) is 11.2 Å². The van der Waals surface area contributed by atoms with Gasteiger partial charge in [-0.05, 0) is 43.4 Å². The predicted octanol–water partition coefficient (Wildman–Crippen LogP) is 3.57. The van der Waals surface area contributed by atoms with Crippen LogP contribution in [0.5, 0.6) is 0 Å². The van der Waals surface area contributed by atoms with Gasteiger partial charge in [0.1, 0.15) is 0 Å². The van der Waals surface area contributed by atoms with Crippen molar-refractivity contribution >= 4 is 0 Å². The van der Waals surface area contributed by atoms with E-state index in [1.807, 2.05) is 0 Å². The molecule has 0 fully saturated rings. The predicted molar refractivity (Wildman–Crippen MR) is 77.9 cm³/mol. The molecule has 0 amide bonds. The standard InChI is InChI=1S/C16H27NO/c1-13(2)12-15-6-8-16(9-7-15)14(3)17-10-5-11-18-4/h6-9,13-14,17H,5,10-12H2,1-4H3. The first kappa shape index (κ1) is 15.2. The molecule has 1 unspecified atom stereocenters. The van der Waals surface area contributed by atoms with Crippen molar-refractivity contribution in [3.63, 3.8) is 0 Å². The van der Waals surface area contributed by atoms with Crippen molar-refractivity contribution in [2.75, 3.05) is 20.3 Å². The lowest BCUT2D eigenvalue weighted by Crippen LogP contribution is -2.20. The average Bonchev–Trinajstić information content (AvgIpc) is 2.34. The van der Waals surface area contributed by atoms with Crippen LogP contribution < -0.4 is 5.32 Å². The van der Waals surface area contributed by atoms with E-state index in [9.17, 15) is 0 Å². The Morgan fingerprint density at radius 1 is 1.11 bits per heavy atom. The molecule has 0 heterocycles. The number of rotatable bonds is 8. The zero-order valence-corrected chi connectivity index (χ0v) is 12.2. The summed E-state index contributed by atoms with van der Waals surface area (Å²) in [5.41, 5.74) is 2.79. The summed E-state index contributed by atoms with van der Waals surface area (Å²) in [4.78, 5) is 0. The maximum absolute atomic E-state index is 5.04. The Bertz CT molecular complexity index is 318. The molecule has 0 spiro atoms. The summed E-state index contributed by atoms with van der Waals surface area (Å²) >= 11 is 0. The highest BCUT2D eigenvalue weighted by atomic mass is 16.5. The highest BCUT2D eigenvalue weighted by molar-refractivity contribution is 5.25. The molecule has 1 aromatic rings. The quantitative estimate of drug-likeness (QED) is 0.711. The summed E-state index contributed by atoms with van der Waals surface area (Å²) in [5, 5.41) is 3.51. The Kier molecular flexibility index (Phi) is 6.99. The van der Waals surface area contributed by atoms with E-state index in [-0.39, 0.29) is 0 Å². The first-order valence-corrected chi connectivity index (χ1v) is 6.94. The van der Waals surface area contributed by atoms with E-state index in [1.54, 1.807) is 7.11 Å². The highest BCUT2D eigenvalue weighted by Crippen LogP contribution is 2.15. The third-order valence-electron chi connectivity index (χ3n) is 3.10. The van der Waals surface area contributed by atoms with Crippen LogP contribution in [0.1, 0.15) is 44.4 Å². The second kappa shape index (κ2) is 8.28. The first-order valence-electron chi connectivity index (χ1n) is 6.94. The van der Waals surface area contributed by atoms with Gasteiger partial charge in [-0.1, -0.05) is 38.1 Å². The fourth-order valence-corrected chi connectivity index (χ4v) is 2.07. The summed E-state index contributed by atoms with van der Waals surface area (Å²) in [6.45, 7) is 8.56. The minimum Gasteiger partial charge on any atom is -0.385 e. The molecular weight excluding hydrogens is 222 g/mol. The van der Waals surface area contributed by atoms with Crippen molar-refractivity contribution in [3.8, 4) is 0 Å². The van der Waals surface area contributed by atoms with Gasteiger partial charge in [0.05, 0.1) is 0 Å². The molecule has 0 saturated carbocycles. The van der Waals surface area contributed by atoms with Crippen LogP contribution in [0.15, 0.2) is 24.3 Å². The van der Waals surface area contributed by atoms with Crippen molar-refractivity contribution in [2.45, 2.75) is 39.7 Å². The van der Waals surface area contributed by atoms with Gasteiger partial charge < -0.3 is 10.1 Å². The topological polar surface area (TPSA) is 21.3 Å². The molecule has 0 aliphatic rings. The lowest BCUT2D eigenvalue weighted by atomic mass is 10.00. The Labute approximate surface area is 112 Å².